The summed E-state index contributed by atoms with van der Waals surface area (Å²) in [6.45, 7) is 1.79. The van der Waals surface area contributed by atoms with Crippen molar-refractivity contribution in [3.8, 4) is 0 Å². The number of aromatic nitrogens is 1. The van der Waals surface area contributed by atoms with E-state index in [1.807, 2.05) is 0 Å². The fourth-order valence-corrected chi connectivity index (χ4v) is 5.53. The molecule has 0 radical (unpaired) electrons. The Labute approximate surface area is 128 Å². The lowest BCUT2D eigenvalue weighted by atomic mass is 10.2. The fourth-order valence-electron chi connectivity index (χ4n) is 2.80. The van der Waals surface area contributed by atoms with E-state index in [-0.39, 0.29) is 23.5 Å². The second-order valence-electron chi connectivity index (χ2n) is 5.80. The zero-order chi connectivity index (χ0) is 15.0. The van der Waals surface area contributed by atoms with Gasteiger partial charge in [-0.25, -0.2) is 13.4 Å². The van der Waals surface area contributed by atoms with E-state index >= 15 is 0 Å². The van der Waals surface area contributed by atoms with Crippen molar-refractivity contribution in [1.82, 2.24) is 15.2 Å². The van der Waals surface area contributed by atoms with E-state index in [1.165, 1.54) is 11.3 Å². The first-order chi connectivity index (χ1) is 9.93. The highest BCUT2D eigenvalue weighted by molar-refractivity contribution is 7.91. The molecular formula is C13H19N3O3S2. The number of hydrogen-bond donors (Lipinski definition) is 1. The average molecular weight is 329 g/mol. The molecule has 1 saturated heterocycles. The molecule has 1 atom stereocenters. The number of hydrogen-bond acceptors (Lipinski definition) is 6. The van der Waals surface area contributed by atoms with Crippen LogP contribution in [0.3, 0.4) is 0 Å². The first-order valence-corrected chi connectivity index (χ1v) is 9.75. The molecule has 1 N–H and O–H groups in total. The number of carbonyl (C=O) groups excluding carboxylic acids is 1. The molecule has 2 aliphatic heterocycles. The fraction of sp³-hybridized carbons (Fsp3) is 0.692. The number of rotatable bonds is 2. The molecule has 8 heteroatoms. The number of fused-ring (bicyclic) bond motifs is 1. The SMILES string of the molecule is CN1CCc2nc(C(=O)N[C@H]3CCCS(=O)(=O)C3)sc2C1. The molecule has 21 heavy (non-hydrogen) atoms. The molecule has 116 valence electrons. The molecule has 0 bridgehead atoms. The monoisotopic (exact) mass is 329 g/mol. The molecule has 1 fully saturated rings. The minimum Gasteiger partial charge on any atom is -0.346 e. The predicted octanol–water partition coefficient (Wildman–Crippen LogP) is 0.438. The van der Waals surface area contributed by atoms with E-state index in [1.54, 1.807) is 0 Å². The Morgan fingerprint density at radius 2 is 2.29 bits per heavy atom. The van der Waals surface area contributed by atoms with E-state index in [4.69, 9.17) is 0 Å². The van der Waals surface area contributed by atoms with E-state index in [0.717, 1.165) is 36.5 Å². The van der Waals surface area contributed by atoms with Gasteiger partial charge in [-0.15, -0.1) is 11.3 Å². The lowest BCUT2D eigenvalue weighted by Gasteiger charge is -2.22. The number of amides is 1. The van der Waals surface area contributed by atoms with Crippen LogP contribution in [0.25, 0.3) is 0 Å². The van der Waals surface area contributed by atoms with Crippen molar-refractivity contribution in [3.05, 3.63) is 15.6 Å². The van der Waals surface area contributed by atoms with Crippen molar-refractivity contribution in [1.29, 1.82) is 0 Å². The summed E-state index contributed by atoms with van der Waals surface area (Å²) in [7, 11) is -0.957. The number of nitrogens with zero attached hydrogens (tertiary/aromatic N) is 2. The Morgan fingerprint density at radius 1 is 1.48 bits per heavy atom. The van der Waals surface area contributed by atoms with E-state index < -0.39 is 9.84 Å². The average Bonchev–Trinajstić information content (AvgIpc) is 2.80. The summed E-state index contributed by atoms with van der Waals surface area (Å²) >= 11 is 1.42. The second kappa shape index (κ2) is 5.66. The molecule has 1 amide bonds. The number of carbonyl (C=O) groups is 1. The summed E-state index contributed by atoms with van der Waals surface area (Å²) in [6.07, 6.45) is 2.21. The van der Waals surface area contributed by atoms with E-state index in [0.29, 0.717) is 11.4 Å². The standard InChI is InChI=1S/C13H19N3O3S2/c1-16-5-4-10-11(7-16)20-13(15-10)12(17)14-9-3-2-6-21(18,19)8-9/h9H,2-8H2,1H3,(H,14,17)/t9-/m0/s1. The molecule has 0 aliphatic carbocycles. The zero-order valence-electron chi connectivity index (χ0n) is 12.0. The number of likely N-dealkylation sites (N-methyl/N-ethyl adjacent to an activating group) is 1. The van der Waals surface area contributed by atoms with E-state index in [9.17, 15) is 13.2 Å². The summed E-state index contributed by atoms with van der Waals surface area (Å²) in [6, 6.07) is -0.278. The topological polar surface area (TPSA) is 79.4 Å². The van der Waals surface area contributed by atoms with Crippen LogP contribution in [-0.4, -0.2) is 55.3 Å². The van der Waals surface area contributed by atoms with Crippen molar-refractivity contribution in [2.24, 2.45) is 0 Å². The summed E-state index contributed by atoms with van der Waals surface area (Å²) in [5.74, 6) is 0.0447. The van der Waals surface area contributed by atoms with Gasteiger partial charge in [0, 0.05) is 30.4 Å². The third-order valence-electron chi connectivity index (χ3n) is 3.91. The Bertz CT molecular complexity index is 654. The van der Waals surface area contributed by atoms with Crippen molar-refractivity contribution in [2.45, 2.75) is 31.8 Å². The minimum atomic E-state index is -3.01. The molecule has 0 unspecified atom stereocenters. The molecule has 1 aromatic rings. The third kappa shape index (κ3) is 3.44. The molecule has 3 heterocycles. The quantitative estimate of drug-likeness (QED) is 0.851. The Hall–Kier alpha value is -0.990. The van der Waals surface area contributed by atoms with Crippen LogP contribution in [0.5, 0.6) is 0 Å². The smallest absolute Gasteiger partial charge is 0.280 e. The molecule has 0 aromatic carbocycles. The van der Waals surface area contributed by atoms with Gasteiger partial charge in [0.1, 0.15) is 0 Å². The number of sulfone groups is 1. The molecule has 2 aliphatic rings. The van der Waals surface area contributed by atoms with Crippen LogP contribution >= 0.6 is 11.3 Å². The Kier molecular flexibility index (Phi) is 4.02. The van der Waals surface area contributed by atoms with Gasteiger partial charge in [0.2, 0.25) is 0 Å². The zero-order valence-corrected chi connectivity index (χ0v) is 13.6. The van der Waals surface area contributed by atoms with E-state index in [2.05, 4.69) is 22.2 Å². The van der Waals surface area contributed by atoms with Crippen LogP contribution in [-0.2, 0) is 22.8 Å². The molecule has 6 nitrogen and oxygen atoms in total. The highest BCUT2D eigenvalue weighted by Crippen LogP contribution is 2.24. The summed E-state index contributed by atoms with van der Waals surface area (Å²) < 4.78 is 23.2. The molecule has 1 aromatic heterocycles. The van der Waals surface area contributed by atoms with Crippen LogP contribution in [0.15, 0.2) is 0 Å². The van der Waals surface area contributed by atoms with Gasteiger partial charge < -0.3 is 10.2 Å². The maximum absolute atomic E-state index is 12.3. The highest BCUT2D eigenvalue weighted by atomic mass is 32.2. The summed E-state index contributed by atoms with van der Waals surface area (Å²) in [4.78, 5) is 20.0. The number of thiazole rings is 1. The maximum Gasteiger partial charge on any atom is 0.280 e. The highest BCUT2D eigenvalue weighted by Gasteiger charge is 2.28. The maximum atomic E-state index is 12.3. The first kappa shape index (κ1) is 14.9. The second-order valence-corrected chi connectivity index (χ2v) is 9.12. The normalized spacial score (nSPS) is 25.3. The van der Waals surface area contributed by atoms with Crippen LogP contribution in [0.4, 0.5) is 0 Å². The van der Waals surface area contributed by atoms with Crippen molar-refractivity contribution >= 4 is 27.1 Å². The predicted molar refractivity (Wildman–Crippen MR) is 81.3 cm³/mol. The van der Waals surface area contributed by atoms with Crippen LogP contribution in [0.2, 0.25) is 0 Å². The lowest BCUT2D eigenvalue weighted by Crippen LogP contribution is -2.43. The van der Waals surface area contributed by atoms with Crippen molar-refractivity contribution in [3.63, 3.8) is 0 Å². The van der Waals surface area contributed by atoms with Gasteiger partial charge in [0.05, 0.1) is 17.2 Å². The lowest BCUT2D eigenvalue weighted by molar-refractivity contribution is 0.0937. The molecule has 0 spiro atoms. The molecule has 3 rings (SSSR count). The number of nitrogens with one attached hydrogen (secondary N) is 1. The largest absolute Gasteiger partial charge is 0.346 e. The molecular weight excluding hydrogens is 310 g/mol. The van der Waals surface area contributed by atoms with Gasteiger partial charge in [0.15, 0.2) is 14.8 Å². The third-order valence-corrected chi connectivity index (χ3v) is 6.82. The first-order valence-electron chi connectivity index (χ1n) is 7.11. The molecule has 0 saturated carbocycles. The van der Waals surface area contributed by atoms with Gasteiger partial charge in [0.25, 0.3) is 5.91 Å². The van der Waals surface area contributed by atoms with Gasteiger partial charge in [-0.3, -0.25) is 4.79 Å². The Balaban J connectivity index is 1.68. The van der Waals surface area contributed by atoms with Gasteiger partial charge in [-0.1, -0.05) is 0 Å². The summed E-state index contributed by atoms with van der Waals surface area (Å²) in [5.41, 5.74) is 1.01. The van der Waals surface area contributed by atoms with Crippen molar-refractivity contribution in [2.75, 3.05) is 25.1 Å². The van der Waals surface area contributed by atoms with Gasteiger partial charge in [-0.2, -0.15) is 0 Å². The van der Waals surface area contributed by atoms with Gasteiger partial charge in [-0.05, 0) is 19.9 Å². The van der Waals surface area contributed by atoms with Crippen LogP contribution in [0, 0.1) is 0 Å². The minimum absolute atomic E-state index is 0.0482. The van der Waals surface area contributed by atoms with Crippen LogP contribution in [0.1, 0.15) is 33.2 Å². The van der Waals surface area contributed by atoms with Crippen LogP contribution < -0.4 is 5.32 Å². The Morgan fingerprint density at radius 3 is 3.05 bits per heavy atom. The van der Waals surface area contributed by atoms with Gasteiger partial charge >= 0.3 is 0 Å². The summed E-state index contributed by atoms with van der Waals surface area (Å²) in [5, 5.41) is 3.28. The van der Waals surface area contributed by atoms with Crippen molar-refractivity contribution < 1.29 is 13.2 Å².